The lowest BCUT2D eigenvalue weighted by atomic mass is 9.98. The summed E-state index contributed by atoms with van der Waals surface area (Å²) >= 11 is 0. The van der Waals surface area contributed by atoms with E-state index in [-0.39, 0.29) is 17.9 Å². The number of aryl methyl sites for hydroxylation is 1. The van der Waals surface area contributed by atoms with Crippen molar-refractivity contribution in [2.45, 2.75) is 13.5 Å². The van der Waals surface area contributed by atoms with Crippen LogP contribution in [0.5, 0.6) is 5.88 Å². The van der Waals surface area contributed by atoms with Crippen molar-refractivity contribution in [2.75, 3.05) is 7.11 Å². The maximum Gasteiger partial charge on any atom is 0.251 e. The van der Waals surface area contributed by atoms with E-state index in [1.807, 2.05) is 0 Å². The molecule has 0 aliphatic carbocycles. The average molecular weight is 368 g/mol. The largest absolute Gasteiger partial charge is 0.481 e. The number of pyridine rings is 1. The molecule has 0 saturated heterocycles. The second-order valence-electron chi connectivity index (χ2n) is 6.01. The highest BCUT2D eigenvalue weighted by Crippen LogP contribution is 2.27. The van der Waals surface area contributed by atoms with E-state index in [2.05, 4.69) is 10.3 Å². The van der Waals surface area contributed by atoms with E-state index in [0.29, 0.717) is 28.1 Å². The third-order valence-electron chi connectivity index (χ3n) is 4.19. The molecular formula is C21H18F2N2O2. The Balaban J connectivity index is 1.77. The normalized spacial score (nSPS) is 10.5. The Kier molecular flexibility index (Phi) is 5.45. The summed E-state index contributed by atoms with van der Waals surface area (Å²) in [4.78, 5) is 16.4. The van der Waals surface area contributed by atoms with Crippen molar-refractivity contribution in [3.05, 3.63) is 83.1 Å². The summed E-state index contributed by atoms with van der Waals surface area (Å²) in [5.74, 6) is -0.914. The summed E-state index contributed by atoms with van der Waals surface area (Å²) < 4.78 is 32.9. The monoisotopic (exact) mass is 368 g/mol. The van der Waals surface area contributed by atoms with Crippen LogP contribution in [0.2, 0.25) is 0 Å². The van der Waals surface area contributed by atoms with E-state index in [9.17, 15) is 13.6 Å². The summed E-state index contributed by atoms with van der Waals surface area (Å²) in [7, 11) is 1.50. The van der Waals surface area contributed by atoms with Crippen molar-refractivity contribution in [1.29, 1.82) is 0 Å². The standard InChI is InChI=1S/C21H18F2N2O2/c1-13-10-16(22)6-8-17(13)18-7-5-14(11-19(18)23)20(26)25-12-15-4-3-9-24-21(15)27-2/h3-11H,12H2,1-2H3,(H,25,26). The highest BCUT2D eigenvalue weighted by molar-refractivity contribution is 5.94. The number of carbonyl (C=O) groups is 1. The van der Waals surface area contributed by atoms with Gasteiger partial charge >= 0.3 is 0 Å². The minimum absolute atomic E-state index is 0.193. The molecule has 1 heterocycles. The first-order valence-electron chi connectivity index (χ1n) is 8.31. The third-order valence-corrected chi connectivity index (χ3v) is 4.19. The summed E-state index contributed by atoms with van der Waals surface area (Å²) in [6.07, 6.45) is 1.59. The van der Waals surface area contributed by atoms with Crippen molar-refractivity contribution in [3.63, 3.8) is 0 Å². The number of nitrogens with zero attached hydrogens (tertiary/aromatic N) is 1. The molecule has 0 aliphatic rings. The molecule has 0 aliphatic heterocycles. The molecule has 0 saturated carbocycles. The number of hydrogen-bond acceptors (Lipinski definition) is 3. The summed E-state index contributed by atoms with van der Waals surface area (Å²) in [6, 6.07) is 11.9. The van der Waals surface area contributed by atoms with Crippen molar-refractivity contribution in [3.8, 4) is 17.0 Å². The number of aromatic nitrogens is 1. The first-order valence-corrected chi connectivity index (χ1v) is 8.31. The second-order valence-corrected chi connectivity index (χ2v) is 6.01. The Labute approximate surface area is 155 Å². The fraction of sp³-hybridized carbons (Fsp3) is 0.143. The molecule has 6 heteroatoms. The van der Waals surface area contributed by atoms with E-state index in [1.165, 1.54) is 43.5 Å². The average Bonchev–Trinajstić information content (AvgIpc) is 2.67. The molecule has 0 spiro atoms. The molecule has 1 amide bonds. The van der Waals surface area contributed by atoms with Gasteiger partial charge in [0.25, 0.3) is 5.91 Å². The zero-order valence-corrected chi connectivity index (χ0v) is 14.9. The maximum absolute atomic E-state index is 14.6. The van der Waals surface area contributed by atoms with Gasteiger partial charge in [0.05, 0.1) is 7.11 Å². The highest BCUT2D eigenvalue weighted by atomic mass is 19.1. The van der Waals surface area contributed by atoms with Crippen molar-refractivity contribution in [2.24, 2.45) is 0 Å². The van der Waals surface area contributed by atoms with E-state index in [1.54, 1.807) is 25.3 Å². The lowest BCUT2D eigenvalue weighted by molar-refractivity contribution is 0.0950. The molecule has 138 valence electrons. The predicted octanol–water partition coefficient (Wildman–Crippen LogP) is 4.27. The van der Waals surface area contributed by atoms with Crippen LogP contribution in [0.4, 0.5) is 8.78 Å². The van der Waals surface area contributed by atoms with Crippen LogP contribution in [-0.2, 0) is 6.54 Å². The van der Waals surface area contributed by atoms with Crippen LogP contribution in [0.25, 0.3) is 11.1 Å². The van der Waals surface area contributed by atoms with E-state index >= 15 is 0 Å². The minimum atomic E-state index is -0.545. The first kappa shape index (κ1) is 18.5. The zero-order valence-electron chi connectivity index (χ0n) is 14.9. The van der Waals surface area contributed by atoms with E-state index in [0.717, 1.165) is 0 Å². The van der Waals surface area contributed by atoms with Gasteiger partial charge in [0.1, 0.15) is 11.6 Å². The summed E-state index contributed by atoms with van der Waals surface area (Å²) in [6.45, 7) is 1.91. The van der Waals surface area contributed by atoms with Gasteiger partial charge in [-0.25, -0.2) is 13.8 Å². The molecule has 2 aromatic carbocycles. The second kappa shape index (κ2) is 7.95. The predicted molar refractivity (Wildman–Crippen MR) is 98.5 cm³/mol. The van der Waals surface area contributed by atoms with Crippen LogP contribution in [0.1, 0.15) is 21.5 Å². The molecule has 0 fully saturated rings. The summed E-state index contributed by atoms with van der Waals surface area (Å²) in [5.41, 5.74) is 2.43. The molecule has 0 unspecified atom stereocenters. The number of nitrogens with one attached hydrogen (secondary N) is 1. The Morgan fingerprint density at radius 2 is 1.89 bits per heavy atom. The van der Waals surface area contributed by atoms with Gasteiger partial charge in [-0.05, 0) is 48.4 Å². The third kappa shape index (κ3) is 4.11. The van der Waals surface area contributed by atoms with Gasteiger partial charge < -0.3 is 10.1 Å². The number of benzene rings is 2. The lowest BCUT2D eigenvalue weighted by Crippen LogP contribution is -2.23. The van der Waals surface area contributed by atoms with Gasteiger partial charge in [-0.3, -0.25) is 4.79 Å². The smallest absolute Gasteiger partial charge is 0.251 e. The first-order chi connectivity index (χ1) is 13.0. The topological polar surface area (TPSA) is 51.2 Å². The number of amides is 1. The lowest BCUT2D eigenvalue weighted by Gasteiger charge is -2.11. The van der Waals surface area contributed by atoms with Gasteiger partial charge in [-0.2, -0.15) is 0 Å². The number of methoxy groups -OCH3 is 1. The fourth-order valence-corrected chi connectivity index (χ4v) is 2.82. The van der Waals surface area contributed by atoms with E-state index < -0.39 is 11.7 Å². The molecule has 1 aromatic heterocycles. The Morgan fingerprint density at radius 3 is 2.59 bits per heavy atom. The number of rotatable bonds is 5. The van der Waals surface area contributed by atoms with Crippen molar-refractivity contribution in [1.82, 2.24) is 10.3 Å². The highest BCUT2D eigenvalue weighted by Gasteiger charge is 2.13. The van der Waals surface area contributed by atoms with Crippen LogP contribution in [0.3, 0.4) is 0 Å². The van der Waals surface area contributed by atoms with Gasteiger partial charge in [0.15, 0.2) is 0 Å². The van der Waals surface area contributed by atoms with Crippen molar-refractivity contribution >= 4 is 5.91 Å². The van der Waals surface area contributed by atoms with Crippen LogP contribution in [-0.4, -0.2) is 18.0 Å². The molecule has 0 bridgehead atoms. The Hall–Kier alpha value is -3.28. The number of carbonyl (C=O) groups excluding carboxylic acids is 1. The van der Waals surface area contributed by atoms with E-state index in [4.69, 9.17) is 4.74 Å². The van der Waals surface area contributed by atoms with Gasteiger partial charge in [0.2, 0.25) is 5.88 Å². The Morgan fingerprint density at radius 1 is 1.11 bits per heavy atom. The van der Waals surface area contributed by atoms with Gasteiger partial charge in [0, 0.05) is 29.4 Å². The molecule has 4 nitrogen and oxygen atoms in total. The van der Waals surface area contributed by atoms with Crippen LogP contribution >= 0.6 is 0 Å². The minimum Gasteiger partial charge on any atom is -0.481 e. The number of halogens is 2. The van der Waals surface area contributed by atoms with Gasteiger partial charge in [-0.1, -0.05) is 18.2 Å². The molecule has 0 atom stereocenters. The summed E-state index contributed by atoms with van der Waals surface area (Å²) in [5, 5.41) is 2.72. The van der Waals surface area contributed by atoms with Crippen LogP contribution < -0.4 is 10.1 Å². The molecule has 3 rings (SSSR count). The number of ether oxygens (including phenoxy) is 1. The zero-order chi connectivity index (χ0) is 19.4. The molecular weight excluding hydrogens is 350 g/mol. The SMILES string of the molecule is COc1ncccc1CNC(=O)c1ccc(-c2ccc(F)cc2C)c(F)c1. The Bertz CT molecular complexity index is 990. The quantitative estimate of drug-likeness (QED) is 0.732. The van der Waals surface area contributed by atoms with Gasteiger partial charge in [-0.15, -0.1) is 0 Å². The molecule has 27 heavy (non-hydrogen) atoms. The molecule has 3 aromatic rings. The van der Waals surface area contributed by atoms with Crippen molar-refractivity contribution < 1.29 is 18.3 Å². The molecule has 1 N–H and O–H groups in total. The number of hydrogen-bond donors (Lipinski definition) is 1. The molecule has 0 radical (unpaired) electrons. The fourth-order valence-electron chi connectivity index (χ4n) is 2.82. The van der Waals surface area contributed by atoms with Crippen LogP contribution in [0, 0.1) is 18.6 Å². The van der Waals surface area contributed by atoms with Crippen LogP contribution in [0.15, 0.2) is 54.7 Å². The maximum atomic E-state index is 14.6.